The monoisotopic (exact) mass is 360 g/mol. The summed E-state index contributed by atoms with van der Waals surface area (Å²) in [6.07, 6.45) is 0. The smallest absolute Gasteiger partial charge is 0.0367 e. The fraction of sp³-hybridized carbons (Fsp3) is 0.217. The van der Waals surface area contributed by atoms with Gasteiger partial charge in [-0.05, 0) is 35.9 Å². The maximum atomic E-state index is 2.57. The molecule has 0 unspecified atom stereocenters. The third-order valence-electron chi connectivity index (χ3n) is 4.83. The van der Waals surface area contributed by atoms with Crippen LogP contribution in [0, 0.1) is 0 Å². The second-order valence-corrected chi connectivity index (χ2v) is 7.74. The van der Waals surface area contributed by atoms with Crippen LogP contribution < -0.4 is 4.90 Å². The molecule has 1 heterocycles. The van der Waals surface area contributed by atoms with E-state index in [0.29, 0.717) is 0 Å². The highest BCUT2D eigenvalue weighted by atomic mass is 32.2. The fourth-order valence-corrected chi connectivity index (χ4v) is 4.35. The van der Waals surface area contributed by atoms with Crippen molar-refractivity contribution in [2.24, 2.45) is 0 Å². The Kier molecular flexibility index (Phi) is 5.58. The molecule has 1 aliphatic heterocycles. The van der Waals surface area contributed by atoms with Crippen molar-refractivity contribution < 1.29 is 0 Å². The first kappa shape index (κ1) is 17.2. The molecule has 0 radical (unpaired) electrons. The van der Waals surface area contributed by atoms with Crippen molar-refractivity contribution >= 4 is 17.4 Å². The number of hydrogen-bond acceptors (Lipinski definition) is 3. The Labute approximate surface area is 160 Å². The molecule has 0 amide bonds. The molecule has 2 nitrogen and oxygen atoms in total. The summed E-state index contributed by atoms with van der Waals surface area (Å²) in [5, 5.41) is 0. The molecule has 1 aliphatic rings. The SMILES string of the molecule is c1ccc(Sc2ccccc2CN2CCN(c3ccccc3)CC2)cc1. The van der Waals surface area contributed by atoms with Crippen LogP contribution in [0.2, 0.25) is 0 Å². The Balaban J connectivity index is 1.39. The van der Waals surface area contributed by atoms with Gasteiger partial charge >= 0.3 is 0 Å². The summed E-state index contributed by atoms with van der Waals surface area (Å²) in [7, 11) is 0. The standard InChI is InChI=1S/C23H24N2S/c1-3-10-21(11-4-1)25-17-15-24(16-18-25)19-20-9-7-8-14-23(20)26-22-12-5-2-6-13-22/h1-14H,15-19H2. The Morgan fingerprint density at radius 1 is 0.654 bits per heavy atom. The van der Waals surface area contributed by atoms with Gasteiger partial charge in [0.15, 0.2) is 0 Å². The normalized spacial score (nSPS) is 15.2. The van der Waals surface area contributed by atoms with E-state index in [4.69, 9.17) is 0 Å². The first-order valence-electron chi connectivity index (χ1n) is 9.22. The van der Waals surface area contributed by atoms with Crippen molar-refractivity contribution in [2.75, 3.05) is 31.1 Å². The van der Waals surface area contributed by atoms with Gasteiger partial charge in [-0.1, -0.05) is 66.4 Å². The molecule has 1 saturated heterocycles. The summed E-state index contributed by atoms with van der Waals surface area (Å²) in [6.45, 7) is 5.44. The minimum Gasteiger partial charge on any atom is -0.369 e. The van der Waals surface area contributed by atoms with E-state index in [9.17, 15) is 0 Å². The lowest BCUT2D eigenvalue weighted by atomic mass is 10.2. The molecule has 4 rings (SSSR count). The summed E-state index contributed by atoms with van der Waals surface area (Å²) in [4.78, 5) is 7.73. The number of hydrogen-bond donors (Lipinski definition) is 0. The van der Waals surface area contributed by atoms with E-state index < -0.39 is 0 Å². The predicted molar refractivity (Wildman–Crippen MR) is 111 cm³/mol. The number of piperazine rings is 1. The van der Waals surface area contributed by atoms with Gasteiger partial charge in [0.25, 0.3) is 0 Å². The number of anilines is 1. The second kappa shape index (κ2) is 8.43. The molecule has 1 fully saturated rings. The molecule has 0 atom stereocenters. The molecule has 0 aliphatic carbocycles. The molecule has 0 saturated carbocycles. The first-order valence-corrected chi connectivity index (χ1v) is 10.0. The van der Waals surface area contributed by atoms with E-state index >= 15 is 0 Å². The van der Waals surface area contributed by atoms with E-state index in [-0.39, 0.29) is 0 Å². The zero-order valence-electron chi connectivity index (χ0n) is 14.9. The van der Waals surface area contributed by atoms with Gasteiger partial charge < -0.3 is 4.90 Å². The molecule has 3 aromatic rings. The molecule has 3 heteroatoms. The topological polar surface area (TPSA) is 6.48 Å². The van der Waals surface area contributed by atoms with Crippen molar-refractivity contribution in [3.63, 3.8) is 0 Å². The van der Waals surface area contributed by atoms with Crippen molar-refractivity contribution in [2.45, 2.75) is 16.3 Å². The zero-order chi connectivity index (χ0) is 17.6. The van der Waals surface area contributed by atoms with Crippen LogP contribution in [0.15, 0.2) is 94.7 Å². The van der Waals surface area contributed by atoms with E-state index in [0.717, 1.165) is 32.7 Å². The molecule has 26 heavy (non-hydrogen) atoms. The molecule has 0 aromatic heterocycles. The van der Waals surface area contributed by atoms with Gasteiger partial charge in [-0.25, -0.2) is 0 Å². The van der Waals surface area contributed by atoms with Crippen LogP contribution in [-0.2, 0) is 6.54 Å². The van der Waals surface area contributed by atoms with Crippen LogP contribution >= 0.6 is 11.8 Å². The van der Waals surface area contributed by atoms with Gasteiger partial charge in [-0.3, -0.25) is 4.90 Å². The molecule has 0 bridgehead atoms. The third kappa shape index (κ3) is 4.29. The van der Waals surface area contributed by atoms with Crippen molar-refractivity contribution in [1.29, 1.82) is 0 Å². The molecule has 132 valence electrons. The van der Waals surface area contributed by atoms with Crippen LogP contribution in [0.5, 0.6) is 0 Å². The van der Waals surface area contributed by atoms with Crippen LogP contribution in [0.1, 0.15) is 5.56 Å². The second-order valence-electron chi connectivity index (χ2n) is 6.62. The third-order valence-corrected chi connectivity index (χ3v) is 5.96. The average Bonchev–Trinajstić information content (AvgIpc) is 2.72. The van der Waals surface area contributed by atoms with E-state index in [1.54, 1.807) is 0 Å². The Morgan fingerprint density at radius 2 is 1.27 bits per heavy atom. The lowest BCUT2D eigenvalue weighted by Crippen LogP contribution is -2.46. The van der Waals surface area contributed by atoms with E-state index in [2.05, 4.69) is 94.7 Å². The molecule has 3 aromatic carbocycles. The van der Waals surface area contributed by atoms with Gasteiger partial charge in [0.1, 0.15) is 0 Å². The Morgan fingerprint density at radius 3 is 2.00 bits per heavy atom. The average molecular weight is 361 g/mol. The van der Waals surface area contributed by atoms with Gasteiger partial charge in [0, 0.05) is 48.2 Å². The van der Waals surface area contributed by atoms with Gasteiger partial charge in [0.2, 0.25) is 0 Å². The van der Waals surface area contributed by atoms with Crippen LogP contribution in [0.25, 0.3) is 0 Å². The predicted octanol–water partition coefficient (Wildman–Crippen LogP) is 5.16. The maximum Gasteiger partial charge on any atom is 0.0367 e. The van der Waals surface area contributed by atoms with Crippen molar-refractivity contribution in [1.82, 2.24) is 4.90 Å². The van der Waals surface area contributed by atoms with Gasteiger partial charge in [0.05, 0.1) is 0 Å². The molecule has 0 N–H and O–H groups in total. The minimum atomic E-state index is 1.03. The quantitative estimate of drug-likeness (QED) is 0.620. The van der Waals surface area contributed by atoms with Crippen LogP contribution in [0.3, 0.4) is 0 Å². The molecule has 0 spiro atoms. The lowest BCUT2D eigenvalue weighted by Gasteiger charge is -2.36. The number of rotatable bonds is 5. The molecular formula is C23H24N2S. The number of benzene rings is 3. The Bertz CT molecular complexity index is 812. The highest BCUT2D eigenvalue weighted by Gasteiger charge is 2.18. The van der Waals surface area contributed by atoms with Crippen molar-refractivity contribution in [3.05, 3.63) is 90.5 Å². The van der Waals surface area contributed by atoms with Crippen LogP contribution in [-0.4, -0.2) is 31.1 Å². The van der Waals surface area contributed by atoms with Gasteiger partial charge in [-0.15, -0.1) is 0 Å². The van der Waals surface area contributed by atoms with Crippen molar-refractivity contribution in [3.8, 4) is 0 Å². The highest BCUT2D eigenvalue weighted by Crippen LogP contribution is 2.31. The van der Waals surface area contributed by atoms with Gasteiger partial charge in [-0.2, -0.15) is 0 Å². The molecular weight excluding hydrogens is 336 g/mol. The number of para-hydroxylation sites is 1. The fourth-order valence-electron chi connectivity index (χ4n) is 3.39. The van der Waals surface area contributed by atoms with Crippen LogP contribution in [0.4, 0.5) is 5.69 Å². The highest BCUT2D eigenvalue weighted by molar-refractivity contribution is 7.99. The summed E-state index contributed by atoms with van der Waals surface area (Å²) in [5.74, 6) is 0. The number of nitrogens with zero attached hydrogens (tertiary/aromatic N) is 2. The zero-order valence-corrected chi connectivity index (χ0v) is 15.7. The summed E-state index contributed by atoms with van der Waals surface area (Å²) in [6, 6.07) is 30.2. The lowest BCUT2D eigenvalue weighted by molar-refractivity contribution is 0.248. The summed E-state index contributed by atoms with van der Waals surface area (Å²) in [5.41, 5.74) is 2.77. The largest absolute Gasteiger partial charge is 0.369 e. The Hall–Kier alpha value is -2.23. The maximum absolute atomic E-state index is 2.57. The van der Waals surface area contributed by atoms with E-state index in [1.807, 2.05) is 11.8 Å². The van der Waals surface area contributed by atoms with E-state index in [1.165, 1.54) is 21.0 Å². The summed E-state index contributed by atoms with van der Waals surface area (Å²) >= 11 is 1.86. The minimum absolute atomic E-state index is 1.03. The summed E-state index contributed by atoms with van der Waals surface area (Å²) < 4.78 is 0. The first-order chi connectivity index (χ1) is 12.9.